The number of hydrogen-bond acceptors (Lipinski definition) is 7. The van der Waals surface area contributed by atoms with Crippen molar-refractivity contribution in [1.29, 1.82) is 0 Å². The van der Waals surface area contributed by atoms with Crippen LogP contribution in [0.15, 0.2) is 47.3 Å². The Labute approximate surface area is 192 Å². The van der Waals surface area contributed by atoms with Gasteiger partial charge in [-0.05, 0) is 43.2 Å². The van der Waals surface area contributed by atoms with Gasteiger partial charge in [0.15, 0.2) is 17.3 Å². The predicted molar refractivity (Wildman–Crippen MR) is 124 cm³/mol. The highest BCUT2D eigenvalue weighted by molar-refractivity contribution is 5.76. The Morgan fingerprint density at radius 2 is 1.79 bits per heavy atom. The van der Waals surface area contributed by atoms with E-state index in [1.807, 2.05) is 31.2 Å². The number of aryl methyl sites for hydroxylation is 1. The van der Waals surface area contributed by atoms with Crippen molar-refractivity contribution in [2.45, 2.75) is 26.2 Å². The summed E-state index contributed by atoms with van der Waals surface area (Å²) in [5.41, 5.74) is 1.48. The molecule has 1 heterocycles. The van der Waals surface area contributed by atoms with Gasteiger partial charge in [0.1, 0.15) is 11.4 Å². The lowest BCUT2D eigenvalue weighted by Gasteiger charge is -2.10. The van der Waals surface area contributed by atoms with E-state index in [1.54, 1.807) is 32.4 Å². The minimum atomic E-state index is -0.380. The number of ether oxygens (including phenoxy) is 3. The van der Waals surface area contributed by atoms with Crippen LogP contribution >= 0.6 is 0 Å². The summed E-state index contributed by atoms with van der Waals surface area (Å²) in [7, 11) is 3.16. The van der Waals surface area contributed by atoms with Gasteiger partial charge in [0.05, 0.1) is 20.8 Å². The van der Waals surface area contributed by atoms with E-state index in [0.717, 1.165) is 11.3 Å². The molecule has 2 N–H and O–H groups in total. The number of aromatic amines is 1. The van der Waals surface area contributed by atoms with Crippen molar-refractivity contribution in [2.75, 3.05) is 27.4 Å². The quantitative estimate of drug-likeness (QED) is 0.459. The molecule has 3 aromatic rings. The Balaban J connectivity index is 1.56. The van der Waals surface area contributed by atoms with Crippen LogP contribution in [0.1, 0.15) is 24.6 Å². The van der Waals surface area contributed by atoms with E-state index in [-0.39, 0.29) is 30.0 Å². The number of carbonyl (C=O) groups is 1. The zero-order valence-electron chi connectivity index (χ0n) is 19.0. The summed E-state index contributed by atoms with van der Waals surface area (Å²) >= 11 is 0. The molecule has 2 aromatic carbocycles. The first kappa shape index (κ1) is 23.8. The van der Waals surface area contributed by atoms with Crippen molar-refractivity contribution >= 4 is 5.91 Å². The lowest BCUT2D eigenvalue weighted by Crippen LogP contribution is -2.27. The van der Waals surface area contributed by atoms with Crippen LogP contribution in [0, 0.1) is 0 Å². The molecule has 0 spiro atoms. The molecule has 0 aliphatic heterocycles. The largest absolute Gasteiger partial charge is 0.496 e. The number of hydrogen-bond donors (Lipinski definition) is 2. The van der Waals surface area contributed by atoms with Gasteiger partial charge in [0.25, 0.3) is 5.56 Å². The Kier molecular flexibility index (Phi) is 8.40. The molecule has 0 saturated heterocycles. The Morgan fingerprint density at radius 3 is 2.52 bits per heavy atom. The number of methoxy groups -OCH3 is 2. The van der Waals surface area contributed by atoms with Crippen molar-refractivity contribution in [1.82, 2.24) is 20.5 Å². The van der Waals surface area contributed by atoms with Gasteiger partial charge in [-0.2, -0.15) is 0 Å². The van der Waals surface area contributed by atoms with Gasteiger partial charge in [-0.25, -0.2) is 0 Å². The maximum absolute atomic E-state index is 12.5. The van der Waals surface area contributed by atoms with Gasteiger partial charge >= 0.3 is 0 Å². The number of carbonyl (C=O) groups excluding carboxylic acids is 1. The first-order chi connectivity index (χ1) is 16.0. The number of nitrogens with zero attached hydrogens (tertiary/aromatic N) is 2. The second-order valence-electron chi connectivity index (χ2n) is 7.16. The second-order valence-corrected chi connectivity index (χ2v) is 7.16. The van der Waals surface area contributed by atoms with Gasteiger partial charge in [-0.3, -0.25) is 9.59 Å². The van der Waals surface area contributed by atoms with E-state index in [0.29, 0.717) is 42.5 Å². The van der Waals surface area contributed by atoms with Crippen LogP contribution in [0.25, 0.3) is 11.4 Å². The SMILES string of the molecule is CCOc1ccc(-c2nnc(CCC(=O)NCCc3ccccc3OC)c(=O)[nH]2)cc1OC. The Morgan fingerprint density at radius 1 is 1.00 bits per heavy atom. The number of para-hydroxylation sites is 1. The summed E-state index contributed by atoms with van der Waals surface area (Å²) in [5, 5.41) is 11.0. The number of rotatable bonds is 11. The number of H-pyrrole nitrogens is 1. The Bertz CT molecular complexity index is 1150. The molecule has 0 aliphatic carbocycles. The number of aromatic nitrogens is 3. The molecule has 0 atom stereocenters. The number of nitrogens with one attached hydrogen (secondary N) is 2. The van der Waals surface area contributed by atoms with Gasteiger partial charge < -0.3 is 24.5 Å². The predicted octanol–water partition coefficient (Wildman–Crippen LogP) is 2.54. The zero-order valence-corrected chi connectivity index (χ0v) is 19.0. The maximum Gasteiger partial charge on any atom is 0.273 e. The first-order valence-electron chi connectivity index (χ1n) is 10.7. The summed E-state index contributed by atoms with van der Waals surface area (Å²) < 4.78 is 16.2. The monoisotopic (exact) mass is 452 g/mol. The summed E-state index contributed by atoms with van der Waals surface area (Å²) in [6, 6.07) is 12.9. The average Bonchev–Trinajstić information content (AvgIpc) is 2.84. The first-order valence-corrected chi connectivity index (χ1v) is 10.7. The molecular formula is C24H28N4O5. The molecular weight excluding hydrogens is 424 g/mol. The van der Waals surface area contributed by atoms with E-state index in [2.05, 4.69) is 20.5 Å². The molecule has 0 unspecified atom stereocenters. The lowest BCUT2D eigenvalue weighted by atomic mass is 10.1. The van der Waals surface area contributed by atoms with Crippen LogP contribution in [-0.4, -0.2) is 48.5 Å². The highest BCUT2D eigenvalue weighted by Gasteiger charge is 2.12. The van der Waals surface area contributed by atoms with Gasteiger partial charge in [0, 0.05) is 24.9 Å². The molecule has 33 heavy (non-hydrogen) atoms. The van der Waals surface area contributed by atoms with Crippen molar-refractivity contribution in [3.8, 4) is 28.6 Å². The second kappa shape index (κ2) is 11.7. The normalized spacial score (nSPS) is 10.5. The van der Waals surface area contributed by atoms with Crippen molar-refractivity contribution < 1.29 is 19.0 Å². The fraction of sp³-hybridized carbons (Fsp3) is 0.333. The minimum Gasteiger partial charge on any atom is -0.496 e. The molecule has 0 aliphatic rings. The molecule has 1 amide bonds. The van der Waals surface area contributed by atoms with E-state index >= 15 is 0 Å². The van der Waals surface area contributed by atoms with Crippen LogP contribution in [0.3, 0.4) is 0 Å². The summed E-state index contributed by atoms with van der Waals surface area (Å²) in [6.45, 7) is 2.87. The third-order valence-corrected chi connectivity index (χ3v) is 5.00. The van der Waals surface area contributed by atoms with Crippen LogP contribution in [-0.2, 0) is 17.6 Å². The third-order valence-electron chi connectivity index (χ3n) is 5.00. The zero-order chi connectivity index (χ0) is 23.6. The number of amides is 1. The van der Waals surface area contributed by atoms with E-state index < -0.39 is 0 Å². The van der Waals surface area contributed by atoms with Crippen LogP contribution in [0.4, 0.5) is 0 Å². The molecule has 0 saturated carbocycles. The molecule has 0 radical (unpaired) electrons. The Hall–Kier alpha value is -3.88. The van der Waals surface area contributed by atoms with Crippen LogP contribution in [0.5, 0.6) is 17.2 Å². The standard InChI is InChI=1S/C24H28N4O5/c1-4-33-20-11-9-17(15-21(20)32-3)23-26-24(30)18(27-28-23)10-12-22(29)25-14-13-16-7-5-6-8-19(16)31-2/h5-9,11,15H,4,10,12-14H2,1-3H3,(H,25,29)(H,26,28,30). The average molecular weight is 453 g/mol. The molecule has 9 nitrogen and oxygen atoms in total. The fourth-order valence-corrected chi connectivity index (χ4v) is 3.31. The van der Waals surface area contributed by atoms with Crippen molar-refractivity contribution in [3.63, 3.8) is 0 Å². The molecule has 3 rings (SSSR count). The van der Waals surface area contributed by atoms with Gasteiger partial charge in [-0.1, -0.05) is 18.2 Å². The molecule has 174 valence electrons. The summed E-state index contributed by atoms with van der Waals surface area (Å²) in [5.74, 6) is 2.08. The fourth-order valence-electron chi connectivity index (χ4n) is 3.31. The topological polar surface area (TPSA) is 115 Å². The molecule has 0 fully saturated rings. The minimum absolute atomic E-state index is 0.139. The molecule has 9 heteroatoms. The highest BCUT2D eigenvalue weighted by atomic mass is 16.5. The van der Waals surface area contributed by atoms with E-state index in [1.165, 1.54) is 0 Å². The van der Waals surface area contributed by atoms with Crippen LogP contribution < -0.4 is 25.1 Å². The lowest BCUT2D eigenvalue weighted by molar-refractivity contribution is -0.121. The van der Waals surface area contributed by atoms with Gasteiger partial charge in [0.2, 0.25) is 5.91 Å². The summed E-state index contributed by atoms with van der Waals surface area (Å²) in [6.07, 6.45) is 0.978. The van der Waals surface area contributed by atoms with Crippen molar-refractivity contribution in [2.24, 2.45) is 0 Å². The van der Waals surface area contributed by atoms with E-state index in [4.69, 9.17) is 14.2 Å². The third kappa shape index (κ3) is 6.31. The van der Waals surface area contributed by atoms with Crippen LogP contribution in [0.2, 0.25) is 0 Å². The van der Waals surface area contributed by atoms with E-state index in [9.17, 15) is 9.59 Å². The smallest absolute Gasteiger partial charge is 0.273 e. The molecule has 0 bridgehead atoms. The highest BCUT2D eigenvalue weighted by Crippen LogP contribution is 2.31. The van der Waals surface area contributed by atoms with Gasteiger partial charge in [-0.15, -0.1) is 10.2 Å². The molecule has 1 aromatic heterocycles. The number of benzene rings is 2. The van der Waals surface area contributed by atoms with Crippen molar-refractivity contribution in [3.05, 3.63) is 64.1 Å². The summed E-state index contributed by atoms with van der Waals surface area (Å²) in [4.78, 5) is 27.4. The maximum atomic E-state index is 12.5.